The molecule has 2 aromatic carbocycles. The summed E-state index contributed by atoms with van der Waals surface area (Å²) in [6.07, 6.45) is 0.166. The number of nitrogens with one attached hydrogen (secondary N) is 1. The van der Waals surface area contributed by atoms with Crippen molar-refractivity contribution < 1.29 is 9.13 Å². The largest absolute Gasteiger partial charge is 0.451 e. The normalized spacial score (nSPS) is 10.5. The van der Waals surface area contributed by atoms with Crippen molar-refractivity contribution >= 4 is 27.5 Å². The summed E-state index contributed by atoms with van der Waals surface area (Å²) in [5.41, 5.74) is 1.40. The Morgan fingerprint density at radius 3 is 2.81 bits per heavy atom. The minimum absolute atomic E-state index is 0.0503. The number of halogens is 3. The second-order valence-electron chi connectivity index (χ2n) is 5.76. The Morgan fingerprint density at radius 2 is 2.11 bits per heavy atom. The van der Waals surface area contributed by atoms with E-state index in [2.05, 4.69) is 26.1 Å². The van der Waals surface area contributed by atoms with Gasteiger partial charge in [0.1, 0.15) is 5.75 Å². The highest BCUT2D eigenvalue weighted by Crippen LogP contribution is 2.37. The zero-order valence-electron chi connectivity index (χ0n) is 14.0. The molecule has 0 spiro atoms. The number of hydrogen-bond donors (Lipinski definition) is 1. The molecule has 0 fully saturated rings. The van der Waals surface area contributed by atoms with E-state index < -0.39 is 5.82 Å². The van der Waals surface area contributed by atoms with Gasteiger partial charge in [0.05, 0.1) is 26.8 Å². The molecular formula is C19H12BrClFN3O2. The van der Waals surface area contributed by atoms with Crippen LogP contribution >= 0.6 is 27.5 Å². The Hall–Kier alpha value is -2.69. The molecule has 27 heavy (non-hydrogen) atoms. The van der Waals surface area contributed by atoms with Gasteiger partial charge >= 0.3 is 0 Å². The second-order valence-corrected chi connectivity index (χ2v) is 7.02. The molecule has 1 heterocycles. The average molecular weight is 449 g/mol. The first-order valence-corrected chi connectivity index (χ1v) is 8.95. The van der Waals surface area contributed by atoms with Crippen LogP contribution in [0.25, 0.3) is 0 Å². The van der Waals surface area contributed by atoms with E-state index in [4.69, 9.17) is 21.6 Å². The smallest absolute Gasteiger partial charge is 0.267 e. The van der Waals surface area contributed by atoms with Gasteiger partial charge in [0, 0.05) is 18.1 Å². The van der Waals surface area contributed by atoms with Gasteiger partial charge < -0.3 is 4.74 Å². The molecule has 0 saturated heterocycles. The Balaban J connectivity index is 1.97. The number of benzene rings is 2. The fraction of sp³-hybridized carbons (Fsp3) is 0.105. The third-order valence-corrected chi connectivity index (χ3v) is 4.75. The van der Waals surface area contributed by atoms with E-state index in [1.54, 1.807) is 31.2 Å². The monoisotopic (exact) mass is 447 g/mol. The van der Waals surface area contributed by atoms with Crippen molar-refractivity contribution in [3.63, 3.8) is 0 Å². The molecule has 8 heteroatoms. The van der Waals surface area contributed by atoms with Crippen molar-refractivity contribution in [2.24, 2.45) is 0 Å². The summed E-state index contributed by atoms with van der Waals surface area (Å²) in [5.74, 6) is -0.468. The van der Waals surface area contributed by atoms with Crippen molar-refractivity contribution in [1.82, 2.24) is 10.2 Å². The van der Waals surface area contributed by atoms with E-state index in [9.17, 15) is 4.79 Å². The van der Waals surface area contributed by atoms with E-state index in [0.717, 1.165) is 0 Å². The lowest BCUT2D eigenvalue weighted by Gasteiger charge is -2.13. The molecule has 0 bridgehead atoms. The standard InChI is InChI=1S/C19H12BrClFN3O2/c1-10-6-13(24-25-19(10)26)8-12-3-4-14(20)18(17(12)22)27-16-7-11(9-23)2-5-15(16)21/h2-7H,8H2,1H3,(H,25,26). The number of nitrogens with zero attached hydrogens (tertiary/aromatic N) is 2. The number of rotatable bonds is 4. The lowest BCUT2D eigenvalue weighted by atomic mass is 10.1. The summed E-state index contributed by atoms with van der Waals surface area (Å²) in [6, 6.07) is 11.3. The third-order valence-electron chi connectivity index (χ3n) is 3.82. The molecular weight excluding hydrogens is 437 g/mol. The van der Waals surface area contributed by atoms with Crippen LogP contribution in [0.15, 0.2) is 45.7 Å². The van der Waals surface area contributed by atoms with Crippen LogP contribution in [0.4, 0.5) is 4.39 Å². The topological polar surface area (TPSA) is 78.8 Å². The molecule has 1 aromatic heterocycles. The quantitative estimate of drug-likeness (QED) is 0.616. The van der Waals surface area contributed by atoms with E-state index in [0.29, 0.717) is 26.9 Å². The lowest BCUT2D eigenvalue weighted by molar-refractivity contribution is 0.436. The molecule has 1 N–H and O–H groups in total. The summed E-state index contributed by atoms with van der Waals surface area (Å²) in [4.78, 5) is 11.4. The molecule has 0 radical (unpaired) electrons. The Bertz CT molecular complexity index is 1120. The summed E-state index contributed by atoms with van der Waals surface area (Å²) >= 11 is 9.36. The lowest BCUT2D eigenvalue weighted by Crippen LogP contribution is -2.13. The minimum atomic E-state index is -0.589. The molecule has 3 rings (SSSR count). The van der Waals surface area contributed by atoms with E-state index in [-0.39, 0.29) is 28.5 Å². The van der Waals surface area contributed by atoms with Crippen molar-refractivity contribution in [3.05, 3.63) is 84.4 Å². The number of hydrogen-bond acceptors (Lipinski definition) is 4. The maximum atomic E-state index is 15.0. The Labute approximate surface area is 167 Å². The van der Waals surface area contributed by atoms with Crippen molar-refractivity contribution in [1.29, 1.82) is 5.26 Å². The SMILES string of the molecule is Cc1cc(Cc2ccc(Br)c(Oc3cc(C#N)ccc3Cl)c2F)n[nH]c1=O. The molecule has 0 aliphatic carbocycles. The summed E-state index contributed by atoms with van der Waals surface area (Å²) in [6.45, 7) is 1.65. The van der Waals surface area contributed by atoms with Crippen LogP contribution in [0.2, 0.25) is 5.02 Å². The van der Waals surface area contributed by atoms with Crippen LogP contribution in [0.1, 0.15) is 22.4 Å². The first-order chi connectivity index (χ1) is 12.9. The van der Waals surface area contributed by atoms with Crippen molar-refractivity contribution in [3.8, 4) is 17.6 Å². The van der Waals surface area contributed by atoms with E-state index in [1.165, 1.54) is 12.1 Å². The van der Waals surface area contributed by atoms with Crippen LogP contribution in [0.5, 0.6) is 11.5 Å². The van der Waals surface area contributed by atoms with Gasteiger partial charge in [-0.25, -0.2) is 9.49 Å². The van der Waals surface area contributed by atoms with Gasteiger partial charge in [0.15, 0.2) is 11.6 Å². The Morgan fingerprint density at radius 1 is 1.33 bits per heavy atom. The van der Waals surface area contributed by atoms with Gasteiger partial charge in [-0.2, -0.15) is 10.4 Å². The molecule has 3 aromatic rings. The first kappa shape index (κ1) is 19.1. The fourth-order valence-corrected chi connectivity index (χ4v) is 2.95. The van der Waals surface area contributed by atoms with Crippen molar-refractivity contribution in [2.75, 3.05) is 0 Å². The highest BCUT2D eigenvalue weighted by atomic mass is 79.9. The average Bonchev–Trinajstić information content (AvgIpc) is 2.65. The van der Waals surface area contributed by atoms with Gasteiger partial charge in [-0.3, -0.25) is 4.79 Å². The number of ether oxygens (including phenoxy) is 1. The molecule has 0 aliphatic heterocycles. The van der Waals surface area contributed by atoms with Gasteiger partial charge in [0.25, 0.3) is 5.56 Å². The summed E-state index contributed by atoms with van der Waals surface area (Å²) < 4.78 is 21.1. The zero-order chi connectivity index (χ0) is 19.6. The molecule has 0 aliphatic rings. The van der Waals surface area contributed by atoms with Gasteiger partial charge in [-0.05, 0) is 52.7 Å². The number of aromatic amines is 1. The maximum absolute atomic E-state index is 15.0. The first-order valence-electron chi connectivity index (χ1n) is 7.78. The molecule has 136 valence electrons. The second kappa shape index (κ2) is 7.91. The van der Waals surface area contributed by atoms with Gasteiger partial charge in [-0.1, -0.05) is 17.7 Å². The number of aromatic nitrogens is 2. The number of nitriles is 1. The maximum Gasteiger partial charge on any atom is 0.267 e. The predicted molar refractivity (Wildman–Crippen MR) is 103 cm³/mol. The zero-order valence-corrected chi connectivity index (χ0v) is 16.4. The third kappa shape index (κ3) is 4.18. The highest BCUT2D eigenvalue weighted by molar-refractivity contribution is 9.10. The van der Waals surface area contributed by atoms with Gasteiger partial charge in [-0.15, -0.1) is 0 Å². The van der Waals surface area contributed by atoms with Crippen LogP contribution in [-0.2, 0) is 6.42 Å². The number of H-pyrrole nitrogens is 1. The van der Waals surface area contributed by atoms with Crippen LogP contribution < -0.4 is 10.3 Å². The predicted octanol–water partition coefficient (Wildman–Crippen LogP) is 4.89. The van der Waals surface area contributed by atoms with E-state index in [1.807, 2.05) is 6.07 Å². The van der Waals surface area contributed by atoms with Crippen LogP contribution in [-0.4, -0.2) is 10.2 Å². The molecule has 0 amide bonds. The van der Waals surface area contributed by atoms with Gasteiger partial charge in [0.2, 0.25) is 0 Å². The fourth-order valence-electron chi connectivity index (χ4n) is 2.41. The molecule has 0 saturated carbocycles. The van der Waals surface area contributed by atoms with Crippen molar-refractivity contribution in [2.45, 2.75) is 13.3 Å². The number of aryl methyl sites for hydroxylation is 1. The Kier molecular flexibility index (Phi) is 5.59. The molecule has 0 atom stereocenters. The summed E-state index contributed by atoms with van der Waals surface area (Å²) in [5, 5.41) is 15.6. The van der Waals surface area contributed by atoms with Crippen LogP contribution in [0, 0.1) is 24.1 Å². The minimum Gasteiger partial charge on any atom is -0.451 e. The molecule has 5 nitrogen and oxygen atoms in total. The highest BCUT2D eigenvalue weighted by Gasteiger charge is 2.17. The molecule has 0 unspecified atom stereocenters. The summed E-state index contributed by atoms with van der Waals surface area (Å²) in [7, 11) is 0. The van der Waals surface area contributed by atoms with E-state index >= 15 is 4.39 Å². The van der Waals surface area contributed by atoms with Crippen LogP contribution in [0.3, 0.4) is 0 Å².